The number of aliphatic hydroxyl groups is 4. The third kappa shape index (κ3) is 3.36. The highest BCUT2D eigenvalue weighted by atomic mass is 16.7. The Morgan fingerprint density at radius 2 is 1.83 bits per heavy atom. The fourth-order valence-corrected chi connectivity index (χ4v) is 3.77. The summed E-state index contributed by atoms with van der Waals surface area (Å²) in [5.74, 6) is -1.25. The van der Waals surface area contributed by atoms with E-state index in [9.17, 15) is 35.1 Å². The zero-order valence-corrected chi connectivity index (χ0v) is 15.6. The predicted octanol–water partition coefficient (Wildman–Crippen LogP) is -0.301. The zero-order chi connectivity index (χ0) is 21.6. The van der Waals surface area contributed by atoms with Gasteiger partial charge in [-0.25, -0.2) is 4.79 Å². The van der Waals surface area contributed by atoms with Crippen molar-refractivity contribution in [1.82, 2.24) is 0 Å². The smallest absolute Gasteiger partial charge is 0.335 e. The van der Waals surface area contributed by atoms with Crippen molar-refractivity contribution in [3.05, 3.63) is 64.2 Å². The van der Waals surface area contributed by atoms with Crippen LogP contribution in [0.1, 0.15) is 37.4 Å². The molecule has 1 fully saturated rings. The molecule has 1 aliphatic carbocycles. The van der Waals surface area contributed by atoms with Crippen LogP contribution in [0.25, 0.3) is 0 Å². The second kappa shape index (κ2) is 7.78. The molecule has 30 heavy (non-hydrogen) atoms. The SMILES string of the molecule is O=C(O)c1ccc2c(c1)C(=O)c1cccc(O[C@@H]3O[C@H](CO)[C@@H](O)[C@H](O)[C@H]3O)c1C2. The number of hydrogen-bond acceptors (Lipinski definition) is 8. The number of aliphatic hydroxyl groups excluding tert-OH is 4. The lowest BCUT2D eigenvalue weighted by molar-refractivity contribution is -0.277. The van der Waals surface area contributed by atoms with E-state index in [1.54, 1.807) is 24.3 Å². The number of rotatable bonds is 4. The third-order valence-corrected chi connectivity index (χ3v) is 5.44. The normalized spacial score (nSPS) is 27.9. The molecule has 2 aliphatic rings. The van der Waals surface area contributed by atoms with Gasteiger partial charge in [0, 0.05) is 23.1 Å². The van der Waals surface area contributed by atoms with Crippen LogP contribution >= 0.6 is 0 Å². The minimum absolute atomic E-state index is 0.0132. The van der Waals surface area contributed by atoms with Gasteiger partial charge in [-0.3, -0.25) is 4.79 Å². The predicted molar refractivity (Wildman–Crippen MR) is 100 cm³/mol. The second-order valence-electron chi connectivity index (χ2n) is 7.28. The number of fused-ring (bicyclic) bond motifs is 2. The van der Waals surface area contributed by atoms with Crippen molar-refractivity contribution >= 4 is 11.8 Å². The van der Waals surface area contributed by atoms with Crippen molar-refractivity contribution in [2.24, 2.45) is 0 Å². The first-order valence-electron chi connectivity index (χ1n) is 9.31. The molecular weight excluding hydrogens is 396 g/mol. The average Bonchev–Trinajstić information content (AvgIpc) is 2.74. The van der Waals surface area contributed by atoms with E-state index in [0.29, 0.717) is 22.3 Å². The van der Waals surface area contributed by atoms with E-state index in [-0.39, 0.29) is 23.5 Å². The van der Waals surface area contributed by atoms with Crippen molar-refractivity contribution < 1.29 is 44.6 Å². The van der Waals surface area contributed by atoms with E-state index in [1.165, 1.54) is 12.1 Å². The number of carboxylic acid groups (broad SMARTS) is 1. The van der Waals surface area contributed by atoms with Gasteiger partial charge in [0.1, 0.15) is 30.2 Å². The Kier molecular flexibility index (Phi) is 5.31. The first kappa shape index (κ1) is 20.5. The van der Waals surface area contributed by atoms with E-state index >= 15 is 0 Å². The lowest BCUT2D eigenvalue weighted by atomic mass is 9.84. The molecular formula is C21H20O9. The van der Waals surface area contributed by atoms with E-state index in [2.05, 4.69) is 0 Å². The molecule has 0 radical (unpaired) electrons. The highest BCUT2D eigenvalue weighted by Crippen LogP contribution is 2.35. The van der Waals surface area contributed by atoms with Gasteiger partial charge in [0.25, 0.3) is 0 Å². The fourth-order valence-electron chi connectivity index (χ4n) is 3.77. The summed E-state index contributed by atoms with van der Waals surface area (Å²) in [7, 11) is 0. The first-order chi connectivity index (χ1) is 14.3. The molecule has 1 aliphatic heterocycles. The highest BCUT2D eigenvalue weighted by molar-refractivity contribution is 6.13. The lowest BCUT2D eigenvalue weighted by Gasteiger charge is -2.40. The molecule has 4 rings (SSSR count). The van der Waals surface area contributed by atoms with Gasteiger partial charge in [-0.1, -0.05) is 18.2 Å². The molecule has 0 bridgehead atoms. The summed E-state index contributed by atoms with van der Waals surface area (Å²) in [6, 6.07) is 9.07. The Morgan fingerprint density at radius 3 is 2.53 bits per heavy atom. The summed E-state index contributed by atoms with van der Waals surface area (Å²) in [6.07, 6.45) is -6.89. The van der Waals surface area contributed by atoms with Crippen LogP contribution in [-0.2, 0) is 11.2 Å². The standard InChI is InChI=1S/C21H20O9/c22-8-15-17(24)18(25)19(26)21(30-15)29-14-3-1-2-11-13(14)6-9-4-5-10(20(27)28)7-12(9)16(11)23/h1-5,7,15,17-19,21-22,24-26H,6,8H2,(H,27,28)/t15-,17-,18+,19-,21-/m1/s1. The molecule has 158 valence electrons. The Labute approximate surface area is 170 Å². The third-order valence-electron chi connectivity index (χ3n) is 5.44. The van der Waals surface area contributed by atoms with Gasteiger partial charge in [0.15, 0.2) is 5.78 Å². The van der Waals surface area contributed by atoms with Crippen molar-refractivity contribution in [1.29, 1.82) is 0 Å². The number of carboxylic acids is 1. The van der Waals surface area contributed by atoms with Crippen molar-refractivity contribution in [3.8, 4) is 5.75 Å². The highest BCUT2D eigenvalue weighted by Gasteiger charge is 2.45. The van der Waals surface area contributed by atoms with E-state index < -0.39 is 43.3 Å². The summed E-state index contributed by atoms with van der Waals surface area (Å²) in [6.45, 7) is -0.588. The molecule has 5 atom stereocenters. The van der Waals surface area contributed by atoms with E-state index in [1.807, 2.05) is 0 Å². The second-order valence-corrected chi connectivity index (χ2v) is 7.28. The van der Waals surface area contributed by atoms with Gasteiger partial charge in [-0.05, 0) is 23.8 Å². The number of ketones is 1. The van der Waals surface area contributed by atoms with Gasteiger partial charge in [-0.2, -0.15) is 0 Å². The summed E-state index contributed by atoms with van der Waals surface area (Å²) in [5.41, 5.74) is 1.79. The summed E-state index contributed by atoms with van der Waals surface area (Å²) in [4.78, 5) is 24.2. The number of carbonyl (C=O) groups is 2. The maximum atomic E-state index is 12.9. The fraction of sp³-hybridized carbons (Fsp3) is 0.333. The Hall–Kier alpha value is -2.82. The van der Waals surface area contributed by atoms with Crippen LogP contribution in [0, 0.1) is 0 Å². The van der Waals surface area contributed by atoms with Crippen LogP contribution in [-0.4, -0.2) is 74.6 Å². The topological polar surface area (TPSA) is 154 Å². The van der Waals surface area contributed by atoms with Crippen LogP contribution in [0.3, 0.4) is 0 Å². The van der Waals surface area contributed by atoms with Gasteiger partial charge in [0.2, 0.25) is 6.29 Å². The maximum Gasteiger partial charge on any atom is 0.335 e. The molecule has 9 heteroatoms. The molecule has 0 unspecified atom stereocenters. The largest absolute Gasteiger partial charge is 0.478 e. The Morgan fingerprint density at radius 1 is 1.07 bits per heavy atom. The Bertz CT molecular complexity index is 1000. The number of benzene rings is 2. The molecule has 0 aromatic heterocycles. The van der Waals surface area contributed by atoms with Crippen molar-refractivity contribution in [3.63, 3.8) is 0 Å². The number of aromatic carboxylic acids is 1. The molecule has 0 saturated carbocycles. The van der Waals surface area contributed by atoms with Crippen LogP contribution in [0.4, 0.5) is 0 Å². The van der Waals surface area contributed by atoms with Gasteiger partial charge in [-0.15, -0.1) is 0 Å². The average molecular weight is 416 g/mol. The van der Waals surface area contributed by atoms with Crippen LogP contribution < -0.4 is 4.74 Å². The minimum Gasteiger partial charge on any atom is -0.478 e. The van der Waals surface area contributed by atoms with Crippen molar-refractivity contribution in [2.75, 3.05) is 6.61 Å². The van der Waals surface area contributed by atoms with Crippen LogP contribution in [0.2, 0.25) is 0 Å². The molecule has 2 aromatic rings. The van der Waals surface area contributed by atoms with Crippen LogP contribution in [0.5, 0.6) is 5.75 Å². The molecule has 1 heterocycles. The van der Waals surface area contributed by atoms with Crippen LogP contribution in [0.15, 0.2) is 36.4 Å². The summed E-state index contributed by atoms with van der Waals surface area (Å²) in [5, 5.41) is 48.6. The van der Waals surface area contributed by atoms with Crippen molar-refractivity contribution in [2.45, 2.75) is 37.1 Å². The molecule has 1 saturated heterocycles. The first-order valence-corrected chi connectivity index (χ1v) is 9.31. The molecule has 0 amide bonds. The number of ether oxygens (including phenoxy) is 2. The number of hydrogen-bond donors (Lipinski definition) is 5. The summed E-state index contributed by atoms with van der Waals surface area (Å²) >= 11 is 0. The zero-order valence-electron chi connectivity index (χ0n) is 15.6. The van der Waals surface area contributed by atoms with E-state index in [4.69, 9.17) is 9.47 Å². The molecule has 5 N–H and O–H groups in total. The van der Waals surface area contributed by atoms with E-state index in [0.717, 1.165) is 0 Å². The molecule has 0 spiro atoms. The number of carbonyl (C=O) groups excluding carboxylic acids is 1. The monoisotopic (exact) mass is 416 g/mol. The quantitative estimate of drug-likeness (QED) is 0.386. The van der Waals surface area contributed by atoms with Gasteiger partial charge < -0.3 is 35.0 Å². The lowest BCUT2D eigenvalue weighted by Crippen LogP contribution is -2.60. The molecule has 2 aromatic carbocycles. The van der Waals surface area contributed by atoms with Gasteiger partial charge >= 0.3 is 5.97 Å². The summed E-state index contributed by atoms with van der Waals surface area (Å²) < 4.78 is 11.1. The molecule has 9 nitrogen and oxygen atoms in total. The minimum atomic E-state index is -1.59. The maximum absolute atomic E-state index is 12.9. The van der Waals surface area contributed by atoms with Gasteiger partial charge in [0.05, 0.1) is 12.2 Å². The Balaban J connectivity index is 1.66.